The maximum atomic E-state index is 13.7. The molecule has 1 atom stereocenters. The van der Waals surface area contributed by atoms with Gasteiger partial charge in [0.15, 0.2) is 11.5 Å². The number of ether oxygens (including phenoxy) is 3. The second-order valence-electron chi connectivity index (χ2n) is 10.4. The number of hydrogen-bond donors (Lipinski definition) is 0. The molecule has 3 heterocycles. The zero-order chi connectivity index (χ0) is 26.6. The van der Waals surface area contributed by atoms with Gasteiger partial charge in [0.25, 0.3) is 5.56 Å². The molecule has 0 radical (unpaired) electrons. The van der Waals surface area contributed by atoms with Crippen LogP contribution >= 0.6 is 0 Å². The quantitative estimate of drug-likeness (QED) is 0.405. The average Bonchev–Trinajstić information content (AvgIpc) is 3.24. The van der Waals surface area contributed by atoms with Gasteiger partial charge in [0.2, 0.25) is 0 Å². The molecule has 8 nitrogen and oxygen atoms in total. The second kappa shape index (κ2) is 8.95. The van der Waals surface area contributed by atoms with E-state index in [0.717, 1.165) is 22.5 Å². The molecule has 1 aliphatic heterocycles. The molecular weight excluding hydrogens is 470 g/mol. The number of aryl methyl sites for hydroxylation is 1. The van der Waals surface area contributed by atoms with E-state index in [1.165, 1.54) is 11.6 Å². The van der Waals surface area contributed by atoms with Gasteiger partial charge in [-0.2, -0.15) is 0 Å². The maximum Gasteiger partial charge on any atom is 0.331 e. The van der Waals surface area contributed by atoms with Gasteiger partial charge in [0.1, 0.15) is 6.10 Å². The van der Waals surface area contributed by atoms with Crippen LogP contribution in [0.25, 0.3) is 22.2 Å². The Morgan fingerprint density at radius 1 is 1.00 bits per heavy atom. The number of benzene rings is 2. The lowest BCUT2D eigenvalue weighted by atomic mass is 9.97. The number of nitrogens with zero attached hydrogens (tertiary/aromatic N) is 3. The van der Waals surface area contributed by atoms with Crippen LogP contribution in [0.5, 0.6) is 11.5 Å². The van der Waals surface area contributed by atoms with Crippen molar-refractivity contribution in [2.45, 2.75) is 45.4 Å². The normalized spacial score (nSPS) is 16.7. The van der Waals surface area contributed by atoms with Crippen LogP contribution in [0.4, 0.5) is 0 Å². The first kappa shape index (κ1) is 24.9. The third-order valence-electron chi connectivity index (χ3n) is 6.97. The average molecular weight is 504 g/mol. The van der Waals surface area contributed by atoms with Crippen molar-refractivity contribution < 1.29 is 14.2 Å². The SMILES string of the molecule is COc1cc(C2OCC(C)(C)n3c(-c4ccccc4)c4c(=O)n(C)c(=O)n(C)c4c32)ccc1OC(C)C. The zero-order valence-corrected chi connectivity index (χ0v) is 22.4. The Balaban J connectivity index is 1.89. The number of aromatic nitrogens is 3. The van der Waals surface area contributed by atoms with E-state index in [2.05, 4.69) is 18.4 Å². The van der Waals surface area contributed by atoms with E-state index in [4.69, 9.17) is 14.2 Å². The highest BCUT2D eigenvalue weighted by Crippen LogP contribution is 2.46. The van der Waals surface area contributed by atoms with Crippen LogP contribution in [0.15, 0.2) is 58.1 Å². The highest BCUT2D eigenvalue weighted by molar-refractivity contribution is 5.96. The topological polar surface area (TPSA) is 76.6 Å². The van der Waals surface area contributed by atoms with Crippen molar-refractivity contribution in [2.75, 3.05) is 13.7 Å². The number of fused-ring (bicyclic) bond motifs is 3. The van der Waals surface area contributed by atoms with Gasteiger partial charge in [-0.3, -0.25) is 13.9 Å². The molecule has 0 N–H and O–H groups in total. The first-order valence-corrected chi connectivity index (χ1v) is 12.4. The van der Waals surface area contributed by atoms with E-state index in [0.29, 0.717) is 29.0 Å². The lowest BCUT2D eigenvalue weighted by molar-refractivity contribution is -0.00717. The van der Waals surface area contributed by atoms with Gasteiger partial charge < -0.3 is 18.8 Å². The minimum atomic E-state index is -0.535. The minimum Gasteiger partial charge on any atom is -0.493 e. The summed E-state index contributed by atoms with van der Waals surface area (Å²) in [4.78, 5) is 26.8. The van der Waals surface area contributed by atoms with Crippen molar-refractivity contribution in [3.05, 3.63) is 80.6 Å². The Hall–Kier alpha value is -3.78. The second-order valence-corrected chi connectivity index (χ2v) is 10.4. The summed E-state index contributed by atoms with van der Waals surface area (Å²) in [5, 5.41) is 0.501. The van der Waals surface area contributed by atoms with Gasteiger partial charge in [0, 0.05) is 14.1 Å². The van der Waals surface area contributed by atoms with E-state index in [1.54, 1.807) is 18.7 Å². The summed E-state index contributed by atoms with van der Waals surface area (Å²) in [6.45, 7) is 8.50. The lowest BCUT2D eigenvalue weighted by Gasteiger charge is -2.39. The molecule has 37 heavy (non-hydrogen) atoms. The fourth-order valence-corrected chi connectivity index (χ4v) is 5.32. The number of rotatable bonds is 5. The van der Waals surface area contributed by atoms with Crippen LogP contribution in [0.3, 0.4) is 0 Å². The summed E-state index contributed by atoms with van der Waals surface area (Å²) in [5.74, 6) is 1.24. The monoisotopic (exact) mass is 503 g/mol. The van der Waals surface area contributed by atoms with Crippen molar-refractivity contribution in [1.29, 1.82) is 0 Å². The molecule has 1 aliphatic rings. The molecule has 1 unspecified atom stereocenters. The molecule has 0 saturated heterocycles. The molecule has 5 rings (SSSR count). The van der Waals surface area contributed by atoms with Gasteiger partial charge in [-0.25, -0.2) is 4.79 Å². The molecule has 0 spiro atoms. The molecule has 194 valence electrons. The van der Waals surface area contributed by atoms with Gasteiger partial charge in [-0.1, -0.05) is 36.4 Å². The summed E-state index contributed by atoms with van der Waals surface area (Å²) in [7, 11) is 4.83. The third kappa shape index (κ3) is 3.87. The van der Waals surface area contributed by atoms with E-state index < -0.39 is 11.6 Å². The Morgan fingerprint density at radius 3 is 2.35 bits per heavy atom. The van der Waals surface area contributed by atoms with E-state index in [1.807, 2.05) is 62.4 Å². The summed E-state index contributed by atoms with van der Waals surface area (Å²) in [5.41, 5.74) is 2.68. The Morgan fingerprint density at radius 2 is 1.70 bits per heavy atom. The van der Waals surface area contributed by atoms with Gasteiger partial charge in [-0.05, 0) is 51.0 Å². The van der Waals surface area contributed by atoms with Gasteiger partial charge in [-0.15, -0.1) is 0 Å². The molecule has 2 aromatic carbocycles. The van der Waals surface area contributed by atoms with Crippen LogP contribution in [0.1, 0.15) is 45.1 Å². The Bertz CT molecular complexity index is 1610. The summed E-state index contributed by atoms with van der Waals surface area (Å²) in [6.07, 6.45) is -0.542. The minimum absolute atomic E-state index is 0.00757. The van der Waals surface area contributed by atoms with E-state index in [9.17, 15) is 9.59 Å². The molecule has 4 aromatic rings. The number of methoxy groups -OCH3 is 1. The molecule has 0 aliphatic carbocycles. The molecule has 0 bridgehead atoms. The fraction of sp³-hybridized carbons (Fsp3) is 0.379. The zero-order valence-electron chi connectivity index (χ0n) is 22.4. The van der Waals surface area contributed by atoms with Crippen molar-refractivity contribution in [2.24, 2.45) is 14.1 Å². The number of hydrogen-bond acceptors (Lipinski definition) is 5. The largest absolute Gasteiger partial charge is 0.493 e. The van der Waals surface area contributed by atoms with Crippen LogP contribution in [-0.2, 0) is 24.4 Å². The standard InChI is InChI=1S/C29H33N3O5/c1-17(2)37-20-14-13-19(15-21(20)35-7)26-25-24-22(27(33)31(6)28(34)30(24)5)23(18-11-9-8-10-12-18)32(25)29(3,4)16-36-26/h8-15,17,26H,16H2,1-7H3. The first-order chi connectivity index (χ1) is 17.6. The predicted molar refractivity (Wildman–Crippen MR) is 144 cm³/mol. The highest BCUT2D eigenvalue weighted by Gasteiger charge is 2.40. The third-order valence-corrected chi connectivity index (χ3v) is 6.97. The van der Waals surface area contributed by atoms with E-state index in [-0.39, 0.29) is 17.4 Å². The fourth-order valence-electron chi connectivity index (χ4n) is 5.32. The maximum absolute atomic E-state index is 13.7. The van der Waals surface area contributed by atoms with Crippen molar-refractivity contribution in [3.8, 4) is 22.8 Å². The van der Waals surface area contributed by atoms with Crippen molar-refractivity contribution >= 4 is 10.9 Å². The van der Waals surface area contributed by atoms with Crippen LogP contribution in [0.2, 0.25) is 0 Å². The Labute approximate surface area is 215 Å². The summed E-state index contributed by atoms with van der Waals surface area (Å²) >= 11 is 0. The molecule has 0 fully saturated rings. The smallest absolute Gasteiger partial charge is 0.331 e. The summed E-state index contributed by atoms with van der Waals surface area (Å²) < 4.78 is 23.0. The van der Waals surface area contributed by atoms with Crippen molar-refractivity contribution in [1.82, 2.24) is 13.7 Å². The molecular formula is C29H33N3O5. The Kier molecular flexibility index (Phi) is 6.02. The molecule has 0 amide bonds. The van der Waals surface area contributed by atoms with Gasteiger partial charge >= 0.3 is 5.69 Å². The summed E-state index contributed by atoms with van der Waals surface area (Å²) in [6, 6.07) is 15.6. The first-order valence-electron chi connectivity index (χ1n) is 12.4. The lowest BCUT2D eigenvalue weighted by Crippen LogP contribution is -2.40. The molecule has 8 heteroatoms. The highest BCUT2D eigenvalue weighted by atomic mass is 16.5. The van der Waals surface area contributed by atoms with Crippen LogP contribution < -0.4 is 20.7 Å². The van der Waals surface area contributed by atoms with Crippen molar-refractivity contribution in [3.63, 3.8) is 0 Å². The predicted octanol–water partition coefficient (Wildman–Crippen LogP) is 4.36. The van der Waals surface area contributed by atoms with Gasteiger partial charge in [0.05, 0.1) is 47.7 Å². The molecule has 0 saturated carbocycles. The van der Waals surface area contributed by atoms with Crippen LogP contribution in [-0.4, -0.2) is 33.5 Å². The van der Waals surface area contributed by atoms with Crippen LogP contribution in [0, 0.1) is 0 Å². The van der Waals surface area contributed by atoms with E-state index >= 15 is 0 Å². The molecule has 2 aromatic heterocycles.